The third-order valence-corrected chi connectivity index (χ3v) is 8.79. The molecule has 1 fully saturated rings. The lowest BCUT2D eigenvalue weighted by Crippen LogP contribution is -2.35. The molecule has 0 saturated carbocycles. The van der Waals surface area contributed by atoms with Gasteiger partial charge in [-0.1, -0.05) is 32.1 Å². The van der Waals surface area contributed by atoms with Crippen molar-refractivity contribution in [2.24, 2.45) is 5.92 Å². The van der Waals surface area contributed by atoms with Gasteiger partial charge in [0.15, 0.2) is 0 Å². The van der Waals surface area contributed by atoms with Gasteiger partial charge in [-0.15, -0.1) is 0 Å². The Morgan fingerprint density at radius 2 is 2.12 bits per heavy atom. The van der Waals surface area contributed by atoms with Crippen molar-refractivity contribution < 1.29 is 8.42 Å². The first kappa shape index (κ1) is 10.9. The predicted octanol–water partition coefficient (Wildman–Crippen LogP) is 1.88. The fourth-order valence-electron chi connectivity index (χ4n) is 3.30. The van der Waals surface area contributed by atoms with E-state index in [9.17, 15) is 8.42 Å². The van der Waals surface area contributed by atoms with Crippen LogP contribution in [0.3, 0.4) is 0 Å². The maximum Gasteiger partial charge on any atom is 0.0717 e. The second kappa shape index (κ2) is 3.39. The van der Waals surface area contributed by atoms with E-state index in [1.54, 1.807) is 0 Å². The third kappa shape index (κ3) is 1.03. The second-order valence-corrected chi connectivity index (χ2v) is 8.27. The predicted molar refractivity (Wildman–Crippen MR) is 67.9 cm³/mol. The van der Waals surface area contributed by atoms with Gasteiger partial charge in [0.2, 0.25) is 0 Å². The van der Waals surface area contributed by atoms with Crippen molar-refractivity contribution in [3.8, 4) is 0 Å². The molecule has 16 heavy (non-hydrogen) atoms. The van der Waals surface area contributed by atoms with Crippen LogP contribution in [0.2, 0.25) is 0 Å². The molecule has 88 valence electrons. The zero-order valence-corrected chi connectivity index (χ0v) is 11.1. The minimum Gasteiger partial charge on any atom is -0.258 e. The van der Waals surface area contributed by atoms with Crippen LogP contribution in [0.25, 0.3) is 0 Å². The molecule has 0 aliphatic carbocycles. The summed E-state index contributed by atoms with van der Waals surface area (Å²) in [5.74, 6) is 0.254. The summed E-state index contributed by atoms with van der Waals surface area (Å²) in [7, 11) is -1.75. The van der Waals surface area contributed by atoms with Gasteiger partial charge in [0, 0.05) is 21.6 Å². The first-order valence-electron chi connectivity index (χ1n) is 5.87. The van der Waals surface area contributed by atoms with Crippen molar-refractivity contribution in [2.45, 2.75) is 41.9 Å². The lowest BCUT2D eigenvalue weighted by Gasteiger charge is -2.27. The molecule has 1 saturated heterocycles. The van der Waals surface area contributed by atoms with Gasteiger partial charge in [0.1, 0.15) is 0 Å². The van der Waals surface area contributed by atoms with Gasteiger partial charge in [-0.25, -0.2) is 0 Å². The van der Waals surface area contributed by atoms with Crippen LogP contribution >= 0.6 is 0 Å². The zero-order valence-electron chi connectivity index (χ0n) is 9.51. The first-order chi connectivity index (χ1) is 7.65. The Balaban J connectivity index is 2.11. The molecule has 6 atom stereocenters. The lowest BCUT2D eigenvalue weighted by atomic mass is 9.81. The fraction of sp³-hybridized carbons (Fsp3) is 0.667. The number of hydrogen-bond donors (Lipinski definition) is 0. The van der Waals surface area contributed by atoms with Gasteiger partial charge in [-0.05, 0) is 12.8 Å². The number of fused-ring (bicyclic) bond motifs is 5. The van der Waals surface area contributed by atoms with Crippen molar-refractivity contribution >= 4 is 21.6 Å². The fourth-order valence-corrected chi connectivity index (χ4v) is 7.95. The average Bonchev–Trinajstić information content (AvgIpc) is 2.87. The summed E-state index contributed by atoms with van der Waals surface area (Å²) in [4.78, 5) is 1.07. The lowest BCUT2D eigenvalue weighted by molar-refractivity contribution is 0.501. The van der Waals surface area contributed by atoms with Crippen LogP contribution in [-0.2, 0) is 21.6 Å². The minimum atomic E-state index is -0.897. The molecule has 3 aliphatic rings. The highest BCUT2D eigenvalue weighted by Crippen LogP contribution is 2.54. The normalized spacial score (nSPS) is 53.1. The van der Waals surface area contributed by atoms with Crippen molar-refractivity contribution in [1.29, 1.82) is 0 Å². The van der Waals surface area contributed by atoms with Gasteiger partial charge >= 0.3 is 0 Å². The quantitative estimate of drug-likeness (QED) is 0.707. The van der Waals surface area contributed by atoms with Crippen molar-refractivity contribution in [2.75, 3.05) is 0 Å². The second-order valence-electron chi connectivity index (χ2n) is 4.70. The van der Waals surface area contributed by atoms with Gasteiger partial charge in [0.25, 0.3) is 0 Å². The molecule has 0 aromatic carbocycles. The summed E-state index contributed by atoms with van der Waals surface area (Å²) in [5.41, 5.74) is 0. The summed E-state index contributed by atoms with van der Waals surface area (Å²) in [6.07, 6.45) is 8.08. The zero-order chi connectivity index (χ0) is 11.5. The highest BCUT2D eigenvalue weighted by Gasteiger charge is 2.63. The SMILES string of the molecule is CCC1=C[C@@H]2[C@@H]([C@@H]3C=C[C@@]2(CC)S3=O)S1=O. The van der Waals surface area contributed by atoms with Gasteiger partial charge in [0.05, 0.1) is 26.0 Å². The van der Waals surface area contributed by atoms with E-state index in [0.29, 0.717) is 0 Å². The summed E-state index contributed by atoms with van der Waals surface area (Å²) in [6, 6.07) is 0. The highest BCUT2D eigenvalue weighted by atomic mass is 32.2. The van der Waals surface area contributed by atoms with E-state index in [0.717, 1.165) is 17.7 Å². The van der Waals surface area contributed by atoms with E-state index in [1.165, 1.54) is 0 Å². The minimum absolute atomic E-state index is 0.0334. The molecule has 0 N–H and O–H groups in total. The van der Waals surface area contributed by atoms with Crippen LogP contribution in [-0.4, -0.2) is 23.7 Å². The molecule has 3 aliphatic heterocycles. The van der Waals surface area contributed by atoms with E-state index in [1.807, 2.05) is 6.08 Å². The van der Waals surface area contributed by atoms with Gasteiger partial charge in [-0.3, -0.25) is 8.42 Å². The molecule has 0 radical (unpaired) electrons. The van der Waals surface area contributed by atoms with E-state index < -0.39 is 21.6 Å². The molecule has 0 amide bonds. The molecular formula is C12H16O2S2. The van der Waals surface area contributed by atoms with Gasteiger partial charge in [-0.2, -0.15) is 0 Å². The van der Waals surface area contributed by atoms with E-state index in [2.05, 4.69) is 26.0 Å². The average molecular weight is 256 g/mol. The molecule has 3 heterocycles. The summed E-state index contributed by atoms with van der Waals surface area (Å²) in [5, 5.41) is 0.131. The van der Waals surface area contributed by atoms with Crippen LogP contribution in [0.4, 0.5) is 0 Å². The Kier molecular flexibility index (Phi) is 2.31. The smallest absolute Gasteiger partial charge is 0.0717 e. The Hall–Kier alpha value is -0.220. The van der Waals surface area contributed by atoms with Crippen LogP contribution in [0.15, 0.2) is 23.1 Å². The van der Waals surface area contributed by atoms with E-state index in [-0.39, 0.29) is 21.2 Å². The molecule has 0 aromatic heterocycles. The molecule has 4 heteroatoms. The molecule has 3 rings (SSSR count). The molecule has 2 unspecified atom stereocenters. The summed E-state index contributed by atoms with van der Waals surface area (Å²) < 4.78 is 24.4. The molecule has 0 spiro atoms. The maximum atomic E-state index is 12.4. The standard InChI is InChI=1S/C12H16O2S2/c1-3-8-7-9-11(15(8)13)10-5-6-12(9,4-2)16(10)14/h5-7,9-11H,3-4H2,1-2H3/t9-,10+,11+,12-,15?,16?/m1/s1. The van der Waals surface area contributed by atoms with Crippen molar-refractivity contribution in [3.05, 3.63) is 23.1 Å². The van der Waals surface area contributed by atoms with Crippen LogP contribution in [0, 0.1) is 5.92 Å². The van der Waals surface area contributed by atoms with Crippen LogP contribution in [0.1, 0.15) is 26.7 Å². The Labute approximate surface area is 101 Å². The molecule has 0 aromatic rings. The topological polar surface area (TPSA) is 34.1 Å². The molecule has 2 nitrogen and oxygen atoms in total. The van der Waals surface area contributed by atoms with Gasteiger partial charge < -0.3 is 0 Å². The van der Waals surface area contributed by atoms with E-state index in [4.69, 9.17) is 0 Å². The van der Waals surface area contributed by atoms with Crippen molar-refractivity contribution in [3.63, 3.8) is 0 Å². The highest BCUT2D eigenvalue weighted by molar-refractivity contribution is 7.94. The Morgan fingerprint density at radius 1 is 1.38 bits per heavy atom. The van der Waals surface area contributed by atoms with Crippen LogP contribution in [0.5, 0.6) is 0 Å². The number of allylic oxidation sites excluding steroid dienone is 2. The Morgan fingerprint density at radius 3 is 2.75 bits per heavy atom. The monoisotopic (exact) mass is 256 g/mol. The Bertz CT molecular complexity index is 452. The number of rotatable bonds is 2. The largest absolute Gasteiger partial charge is 0.258 e. The third-order valence-electron chi connectivity index (χ3n) is 4.20. The maximum absolute atomic E-state index is 12.4. The van der Waals surface area contributed by atoms with E-state index >= 15 is 0 Å². The molecule has 2 bridgehead atoms. The summed E-state index contributed by atoms with van der Waals surface area (Å²) in [6.45, 7) is 4.14. The summed E-state index contributed by atoms with van der Waals surface area (Å²) >= 11 is 0. The number of hydrogen-bond acceptors (Lipinski definition) is 2. The first-order valence-corrected chi connectivity index (χ1v) is 8.29. The van der Waals surface area contributed by atoms with Crippen molar-refractivity contribution in [1.82, 2.24) is 0 Å². The van der Waals surface area contributed by atoms with Crippen LogP contribution < -0.4 is 0 Å². The molecular weight excluding hydrogens is 240 g/mol.